The molecule has 0 unspecified atom stereocenters. The van der Waals surface area contributed by atoms with Crippen molar-refractivity contribution < 1.29 is 13.9 Å². The molecule has 1 saturated carbocycles. The zero-order chi connectivity index (χ0) is 10.8. The molecule has 1 aromatic carbocycles. The zero-order valence-electron chi connectivity index (χ0n) is 8.20. The summed E-state index contributed by atoms with van der Waals surface area (Å²) in [7, 11) is 0. The van der Waals surface area contributed by atoms with E-state index in [9.17, 15) is 9.18 Å². The molecule has 0 aliphatic heterocycles. The molecule has 1 aliphatic rings. The summed E-state index contributed by atoms with van der Waals surface area (Å²) >= 11 is 0. The molecule has 0 heterocycles. The first-order chi connectivity index (χ1) is 7.16. The van der Waals surface area contributed by atoms with Gasteiger partial charge in [-0.15, -0.1) is 0 Å². The van der Waals surface area contributed by atoms with Gasteiger partial charge in [-0.2, -0.15) is 0 Å². The second-order valence-corrected chi connectivity index (χ2v) is 3.69. The number of anilines is 1. The highest BCUT2D eigenvalue weighted by molar-refractivity contribution is 5.90. The quantitative estimate of drug-likeness (QED) is 0.599. The summed E-state index contributed by atoms with van der Waals surface area (Å²) in [4.78, 5) is 11.5. The number of carbonyl (C=O) groups is 1. The van der Waals surface area contributed by atoms with Crippen LogP contribution in [-0.4, -0.2) is 12.1 Å². The third kappa shape index (κ3) is 2.09. The average Bonchev–Trinajstić information content (AvgIpc) is 2.15. The lowest BCUT2D eigenvalue weighted by Crippen LogP contribution is -2.25. The zero-order valence-corrected chi connectivity index (χ0v) is 8.20. The number of hydrogen-bond donors (Lipinski definition) is 1. The molecule has 0 atom stereocenters. The molecule has 1 fully saturated rings. The van der Waals surface area contributed by atoms with Crippen LogP contribution in [0.4, 0.5) is 10.1 Å². The maximum absolute atomic E-state index is 13.0. The fourth-order valence-electron chi connectivity index (χ4n) is 1.36. The van der Waals surface area contributed by atoms with Gasteiger partial charge in [0.2, 0.25) is 0 Å². The minimum Gasteiger partial charge on any atom is -0.459 e. The molecule has 0 bridgehead atoms. The van der Waals surface area contributed by atoms with Crippen LogP contribution in [0.2, 0.25) is 0 Å². The van der Waals surface area contributed by atoms with Gasteiger partial charge in [0.1, 0.15) is 11.9 Å². The van der Waals surface area contributed by atoms with Crippen LogP contribution in [0.25, 0.3) is 0 Å². The predicted octanol–water partition coefficient (Wildman–Crippen LogP) is 2.12. The van der Waals surface area contributed by atoms with Crippen LogP contribution < -0.4 is 5.73 Å². The van der Waals surface area contributed by atoms with Crippen molar-refractivity contribution in [2.45, 2.75) is 25.4 Å². The third-order valence-electron chi connectivity index (χ3n) is 2.56. The number of carbonyl (C=O) groups excluding carboxylic acids is 1. The normalized spacial score (nSPS) is 15.8. The summed E-state index contributed by atoms with van der Waals surface area (Å²) in [6, 6.07) is 3.95. The molecule has 2 rings (SSSR count). The molecular weight excluding hydrogens is 197 g/mol. The molecule has 1 aliphatic carbocycles. The minimum atomic E-state index is -0.585. The van der Waals surface area contributed by atoms with Crippen molar-refractivity contribution in [3.05, 3.63) is 29.6 Å². The summed E-state index contributed by atoms with van der Waals surface area (Å²) in [5, 5.41) is 0. The van der Waals surface area contributed by atoms with Crippen LogP contribution in [0.3, 0.4) is 0 Å². The monoisotopic (exact) mass is 209 g/mol. The van der Waals surface area contributed by atoms with Crippen molar-refractivity contribution in [3.63, 3.8) is 0 Å². The molecule has 3 nitrogen and oxygen atoms in total. The molecule has 80 valence electrons. The maximum atomic E-state index is 13.0. The number of esters is 1. The first-order valence-electron chi connectivity index (χ1n) is 4.93. The van der Waals surface area contributed by atoms with E-state index in [0.29, 0.717) is 0 Å². The lowest BCUT2D eigenvalue weighted by atomic mass is 9.96. The summed E-state index contributed by atoms with van der Waals surface area (Å²) in [5.41, 5.74) is 5.55. The topological polar surface area (TPSA) is 52.3 Å². The summed E-state index contributed by atoms with van der Waals surface area (Å²) in [6.45, 7) is 0. The van der Waals surface area contributed by atoms with E-state index in [1.807, 2.05) is 0 Å². The van der Waals surface area contributed by atoms with E-state index in [1.54, 1.807) is 0 Å². The predicted molar refractivity (Wildman–Crippen MR) is 53.9 cm³/mol. The second-order valence-electron chi connectivity index (χ2n) is 3.69. The van der Waals surface area contributed by atoms with E-state index in [-0.39, 0.29) is 17.4 Å². The van der Waals surface area contributed by atoms with Gasteiger partial charge in [0, 0.05) is 0 Å². The molecule has 0 saturated heterocycles. The molecule has 15 heavy (non-hydrogen) atoms. The van der Waals surface area contributed by atoms with Gasteiger partial charge >= 0.3 is 5.97 Å². The van der Waals surface area contributed by atoms with Crippen LogP contribution in [0.5, 0.6) is 0 Å². The Kier molecular flexibility index (Phi) is 2.58. The average molecular weight is 209 g/mol. The van der Waals surface area contributed by atoms with Crippen molar-refractivity contribution in [2.24, 2.45) is 0 Å². The standard InChI is InChI=1S/C11H12FNO2/c12-9-6-7(4-5-10(9)13)11(14)15-8-2-1-3-8/h4-6,8H,1-3,13H2. The largest absolute Gasteiger partial charge is 0.459 e. The van der Waals surface area contributed by atoms with E-state index in [2.05, 4.69) is 0 Å². The molecule has 2 N–H and O–H groups in total. The van der Waals surface area contributed by atoms with Crippen LogP contribution in [0.15, 0.2) is 18.2 Å². The SMILES string of the molecule is Nc1ccc(C(=O)OC2CCC2)cc1F. The number of hydrogen-bond acceptors (Lipinski definition) is 3. The number of nitrogen functional groups attached to an aromatic ring is 1. The fraction of sp³-hybridized carbons (Fsp3) is 0.364. The Balaban J connectivity index is 2.07. The lowest BCUT2D eigenvalue weighted by Gasteiger charge is -2.25. The van der Waals surface area contributed by atoms with E-state index < -0.39 is 11.8 Å². The van der Waals surface area contributed by atoms with Gasteiger partial charge in [-0.3, -0.25) is 0 Å². The van der Waals surface area contributed by atoms with E-state index in [4.69, 9.17) is 10.5 Å². The maximum Gasteiger partial charge on any atom is 0.338 e. The van der Waals surface area contributed by atoms with Crippen LogP contribution in [0.1, 0.15) is 29.6 Å². The highest BCUT2D eigenvalue weighted by Crippen LogP contribution is 2.23. The van der Waals surface area contributed by atoms with Gasteiger partial charge in [0.25, 0.3) is 0 Å². The van der Waals surface area contributed by atoms with Crippen molar-refractivity contribution >= 4 is 11.7 Å². The van der Waals surface area contributed by atoms with Crippen LogP contribution in [-0.2, 0) is 4.74 Å². The van der Waals surface area contributed by atoms with E-state index >= 15 is 0 Å². The molecule has 0 aromatic heterocycles. The lowest BCUT2D eigenvalue weighted by molar-refractivity contribution is 0.00897. The Hall–Kier alpha value is -1.58. The number of nitrogens with two attached hydrogens (primary N) is 1. The highest BCUT2D eigenvalue weighted by atomic mass is 19.1. The van der Waals surface area contributed by atoms with Crippen LogP contribution >= 0.6 is 0 Å². The van der Waals surface area contributed by atoms with Gasteiger partial charge < -0.3 is 10.5 Å². The number of rotatable bonds is 2. The van der Waals surface area contributed by atoms with Crippen molar-refractivity contribution in [1.29, 1.82) is 0 Å². The molecule has 0 amide bonds. The van der Waals surface area contributed by atoms with Gasteiger partial charge in [-0.25, -0.2) is 9.18 Å². The highest BCUT2D eigenvalue weighted by Gasteiger charge is 2.22. The number of benzene rings is 1. The molecule has 0 spiro atoms. The Morgan fingerprint density at radius 2 is 2.20 bits per heavy atom. The second kappa shape index (κ2) is 3.88. The Bertz CT molecular complexity index is 388. The van der Waals surface area contributed by atoms with Crippen molar-refractivity contribution in [3.8, 4) is 0 Å². The van der Waals surface area contributed by atoms with Crippen LogP contribution in [0, 0.1) is 5.82 Å². The smallest absolute Gasteiger partial charge is 0.338 e. The summed E-state index contributed by atoms with van der Waals surface area (Å²) in [6.07, 6.45) is 2.92. The van der Waals surface area contributed by atoms with Crippen molar-refractivity contribution in [2.75, 3.05) is 5.73 Å². The summed E-state index contributed by atoms with van der Waals surface area (Å²) in [5.74, 6) is -1.06. The van der Waals surface area contributed by atoms with Gasteiger partial charge in [0.05, 0.1) is 11.3 Å². The number of halogens is 1. The number of ether oxygens (including phenoxy) is 1. The van der Waals surface area contributed by atoms with Gasteiger partial charge in [-0.05, 0) is 37.5 Å². The Labute approximate surface area is 87.0 Å². The first kappa shape index (κ1) is 9.96. The fourth-order valence-corrected chi connectivity index (χ4v) is 1.36. The summed E-state index contributed by atoms with van der Waals surface area (Å²) < 4.78 is 18.2. The van der Waals surface area contributed by atoms with Gasteiger partial charge in [0.15, 0.2) is 0 Å². The first-order valence-corrected chi connectivity index (χ1v) is 4.93. The minimum absolute atomic E-state index is 0.0121. The van der Waals surface area contributed by atoms with E-state index in [1.165, 1.54) is 12.1 Å². The van der Waals surface area contributed by atoms with Crippen molar-refractivity contribution in [1.82, 2.24) is 0 Å². The Morgan fingerprint density at radius 1 is 1.47 bits per heavy atom. The molecule has 1 aromatic rings. The van der Waals surface area contributed by atoms with E-state index in [0.717, 1.165) is 25.3 Å². The molecule has 4 heteroatoms. The molecule has 0 radical (unpaired) electrons. The third-order valence-corrected chi connectivity index (χ3v) is 2.56. The van der Waals surface area contributed by atoms with Gasteiger partial charge in [-0.1, -0.05) is 0 Å². The Morgan fingerprint density at radius 3 is 2.73 bits per heavy atom. The molecular formula is C11H12FNO2.